The second-order valence-corrected chi connectivity index (χ2v) is 7.02. The lowest BCUT2D eigenvalue weighted by atomic mass is 10.0. The van der Waals surface area contributed by atoms with Crippen molar-refractivity contribution in [3.63, 3.8) is 0 Å². The Kier molecular flexibility index (Phi) is 3.70. The average Bonchev–Trinajstić information content (AvgIpc) is 2.99. The largest absolute Gasteiger partial charge is 0.397 e. The smallest absolute Gasteiger partial charge is 0.333 e. The molecule has 0 fully saturated rings. The number of nitrogens with zero attached hydrogens (tertiary/aromatic N) is 5. The molecule has 7 heteroatoms. The number of imidazole rings is 1. The first-order valence-corrected chi connectivity index (χ1v) is 9.17. The molecule has 29 heavy (non-hydrogen) atoms. The zero-order valence-electron chi connectivity index (χ0n) is 16.0. The molecule has 0 bridgehead atoms. The first-order chi connectivity index (χ1) is 14.0. The van der Waals surface area contributed by atoms with Gasteiger partial charge in [0.15, 0.2) is 0 Å². The lowest BCUT2D eigenvalue weighted by Crippen LogP contribution is -2.21. The molecule has 0 amide bonds. The molecule has 1 aromatic carbocycles. The van der Waals surface area contributed by atoms with Crippen LogP contribution in [-0.4, -0.2) is 24.1 Å². The molecule has 5 aromatic rings. The summed E-state index contributed by atoms with van der Waals surface area (Å²) in [6.45, 7) is 1.90. The van der Waals surface area contributed by atoms with Gasteiger partial charge in [-0.15, -0.1) is 0 Å². The number of fused-ring (bicyclic) bond motifs is 3. The van der Waals surface area contributed by atoms with Gasteiger partial charge in [-0.05, 0) is 42.8 Å². The van der Waals surface area contributed by atoms with Gasteiger partial charge in [0.25, 0.3) is 0 Å². The zero-order valence-corrected chi connectivity index (χ0v) is 16.0. The van der Waals surface area contributed by atoms with Gasteiger partial charge < -0.3 is 5.73 Å². The van der Waals surface area contributed by atoms with E-state index in [1.165, 1.54) is 0 Å². The Labute approximate surface area is 166 Å². The van der Waals surface area contributed by atoms with E-state index in [1.807, 2.05) is 43.3 Å². The van der Waals surface area contributed by atoms with Crippen molar-refractivity contribution in [1.29, 1.82) is 0 Å². The summed E-state index contributed by atoms with van der Waals surface area (Å²) in [4.78, 5) is 26.2. The lowest BCUT2D eigenvalue weighted by Gasteiger charge is -2.09. The number of nitrogen functional groups attached to an aromatic ring is 1. The quantitative estimate of drug-likeness (QED) is 0.506. The molecule has 142 valence electrons. The second kappa shape index (κ2) is 6.27. The van der Waals surface area contributed by atoms with Crippen molar-refractivity contribution < 1.29 is 0 Å². The summed E-state index contributed by atoms with van der Waals surface area (Å²) in [7, 11) is 1.76. The fourth-order valence-corrected chi connectivity index (χ4v) is 3.73. The van der Waals surface area contributed by atoms with Gasteiger partial charge in [0.2, 0.25) is 0 Å². The molecule has 0 radical (unpaired) electrons. The van der Waals surface area contributed by atoms with Crippen LogP contribution in [0.5, 0.6) is 0 Å². The molecule has 0 aliphatic rings. The maximum absolute atomic E-state index is 13.1. The van der Waals surface area contributed by atoms with Crippen LogP contribution in [0.3, 0.4) is 0 Å². The van der Waals surface area contributed by atoms with Crippen molar-refractivity contribution in [3.05, 3.63) is 77.4 Å². The Balaban J connectivity index is 1.91. The Morgan fingerprint density at radius 1 is 1.00 bits per heavy atom. The minimum absolute atomic E-state index is 0.138. The molecule has 0 saturated heterocycles. The van der Waals surface area contributed by atoms with Crippen LogP contribution >= 0.6 is 0 Å². The highest BCUT2D eigenvalue weighted by molar-refractivity contribution is 6.04. The summed E-state index contributed by atoms with van der Waals surface area (Å²) >= 11 is 0. The summed E-state index contributed by atoms with van der Waals surface area (Å²) in [5, 5.41) is 0.878. The number of benzene rings is 1. The summed E-state index contributed by atoms with van der Waals surface area (Å²) in [5.74, 6) is 0. The topological polar surface area (TPSA) is 91.6 Å². The Hall–Kier alpha value is -4.00. The summed E-state index contributed by atoms with van der Waals surface area (Å²) in [5.41, 5.74) is 12.1. The van der Waals surface area contributed by atoms with E-state index in [0.29, 0.717) is 5.69 Å². The van der Waals surface area contributed by atoms with Crippen LogP contribution in [0.4, 0.5) is 5.69 Å². The van der Waals surface area contributed by atoms with E-state index in [-0.39, 0.29) is 5.69 Å². The number of hydrogen-bond donors (Lipinski definition) is 1. The van der Waals surface area contributed by atoms with Crippen molar-refractivity contribution in [1.82, 2.24) is 24.1 Å². The van der Waals surface area contributed by atoms with Gasteiger partial charge in [-0.2, -0.15) is 0 Å². The van der Waals surface area contributed by atoms with Crippen molar-refractivity contribution in [3.8, 4) is 16.8 Å². The average molecular weight is 382 g/mol. The first kappa shape index (κ1) is 17.1. The second-order valence-electron chi connectivity index (χ2n) is 7.02. The third kappa shape index (κ3) is 2.59. The van der Waals surface area contributed by atoms with Crippen LogP contribution in [0, 0.1) is 6.92 Å². The van der Waals surface area contributed by atoms with Crippen LogP contribution in [0.1, 0.15) is 5.69 Å². The minimum atomic E-state index is -0.138. The van der Waals surface area contributed by atoms with Crippen LogP contribution in [-0.2, 0) is 7.05 Å². The molecule has 0 atom stereocenters. The first-order valence-electron chi connectivity index (χ1n) is 9.17. The molecular formula is C22H18N6O. The number of nitrogens with two attached hydrogens (primary N) is 1. The van der Waals surface area contributed by atoms with E-state index in [9.17, 15) is 4.79 Å². The molecule has 7 nitrogen and oxygen atoms in total. The van der Waals surface area contributed by atoms with Crippen LogP contribution < -0.4 is 11.4 Å². The molecule has 4 heterocycles. The van der Waals surface area contributed by atoms with Crippen LogP contribution in [0.15, 0.2) is 66.0 Å². The van der Waals surface area contributed by atoms with Crippen molar-refractivity contribution in [2.75, 3.05) is 5.73 Å². The highest BCUT2D eigenvalue weighted by Gasteiger charge is 2.18. The number of aryl methyl sites for hydroxylation is 2. The molecule has 5 rings (SSSR count). The highest BCUT2D eigenvalue weighted by Crippen LogP contribution is 2.30. The molecule has 0 aliphatic carbocycles. The Morgan fingerprint density at radius 2 is 1.86 bits per heavy atom. The van der Waals surface area contributed by atoms with E-state index in [1.54, 1.807) is 41.0 Å². The van der Waals surface area contributed by atoms with Gasteiger partial charge in [-0.1, -0.05) is 6.07 Å². The minimum Gasteiger partial charge on any atom is -0.397 e. The Bertz CT molecular complexity index is 1460. The lowest BCUT2D eigenvalue weighted by molar-refractivity contribution is 0.840. The van der Waals surface area contributed by atoms with Gasteiger partial charge >= 0.3 is 5.69 Å². The van der Waals surface area contributed by atoms with Crippen molar-refractivity contribution in [2.24, 2.45) is 7.05 Å². The molecule has 0 aliphatic heterocycles. The van der Waals surface area contributed by atoms with E-state index >= 15 is 0 Å². The Morgan fingerprint density at radius 3 is 2.66 bits per heavy atom. The maximum atomic E-state index is 13.1. The zero-order chi connectivity index (χ0) is 20.1. The number of hydrogen-bond acceptors (Lipinski definition) is 5. The monoisotopic (exact) mass is 382 g/mol. The molecule has 0 unspecified atom stereocenters. The SMILES string of the molecule is Cc1ncccc1-n1c(=O)n(C)c2cnc3ccc(-c4cncc(N)c4)cc3c21. The van der Waals surface area contributed by atoms with Gasteiger partial charge in [0.05, 0.1) is 39.8 Å². The van der Waals surface area contributed by atoms with Crippen molar-refractivity contribution in [2.45, 2.75) is 6.92 Å². The molecule has 2 N–H and O–H groups in total. The summed E-state index contributed by atoms with van der Waals surface area (Å²) in [6, 6.07) is 11.6. The standard InChI is InChI=1S/C22H18N6O/c1-13-19(4-3-7-25-13)28-21-17-9-14(15-8-16(23)11-24-10-15)5-6-18(17)26-12-20(21)27(2)22(28)29/h3-12H,23H2,1-2H3. The van der Waals surface area contributed by atoms with Gasteiger partial charge in [-0.25, -0.2) is 4.79 Å². The fraction of sp³-hybridized carbons (Fsp3) is 0.0909. The highest BCUT2D eigenvalue weighted by atomic mass is 16.1. The third-order valence-corrected chi connectivity index (χ3v) is 5.20. The van der Waals surface area contributed by atoms with Crippen molar-refractivity contribution >= 4 is 27.6 Å². The van der Waals surface area contributed by atoms with E-state index in [0.717, 1.165) is 44.4 Å². The molecule has 0 spiro atoms. The van der Waals surface area contributed by atoms with E-state index in [4.69, 9.17) is 5.73 Å². The number of anilines is 1. The van der Waals surface area contributed by atoms with Crippen LogP contribution in [0.25, 0.3) is 38.8 Å². The maximum Gasteiger partial charge on any atom is 0.333 e. The normalized spacial score (nSPS) is 11.4. The molecule has 0 saturated carbocycles. The van der Waals surface area contributed by atoms with Gasteiger partial charge in [0.1, 0.15) is 0 Å². The third-order valence-electron chi connectivity index (χ3n) is 5.20. The van der Waals surface area contributed by atoms with Gasteiger partial charge in [0, 0.05) is 36.6 Å². The van der Waals surface area contributed by atoms with E-state index in [2.05, 4.69) is 15.0 Å². The van der Waals surface area contributed by atoms with E-state index < -0.39 is 0 Å². The predicted molar refractivity (Wildman–Crippen MR) is 114 cm³/mol. The molecular weight excluding hydrogens is 364 g/mol. The number of pyridine rings is 3. The molecule has 4 aromatic heterocycles. The van der Waals surface area contributed by atoms with Gasteiger partial charge in [-0.3, -0.25) is 24.1 Å². The number of aromatic nitrogens is 5. The fourth-order valence-electron chi connectivity index (χ4n) is 3.73. The predicted octanol–water partition coefficient (Wildman–Crippen LogP) is 3.23. The summed E-state index contributed by atoms with van der Waals surface area (Å²) in [6.07, 6.45) is 6.85. The van der Waals surface area contributed by atoms with Crippen LogP contribution in [0.2, 0.25) is 0 Å². The number of rotatable bonds is 2. The summed E-state index contributed by atoms with van der Waals surface area (Å²) < 4.78 is 3.33.